The van der Waals surface area contributed by atoms with E-state index < -0.39 is 5.82 Å². The van der Waals surface area contributed by atoms with Crippen LogP contribution in [0.3, 0.4) is 0 Å². The third kappa shape index (κ3) is 4.12. The molecule has 1 rings (SSSR count). The molecular weight excluding hydrogens is 275 g/mol. The van der Waals surface area contributed by atoms with Crippen molar-refractivity contribution in [3.63, 3.8) is 0 Å². The van der Waals surface area contributed by atoms with Crippen LogP contribution in [0.5, 0.6) is 0 Å². The lowest BCUT2D eigenvalue weighted by atomic mass is 10.3. The summed E-state index contributed by atoms with van der Waals surface area (Å²) < 4.78 is 14.0. The number of hydrogen-bond acceptors (Lipinski definition) is 2. The number of nitrogens with one attached hydrogen (secondary N) is 2. The van der Waals surface area contributed by atoms with Gasteiger partial charge in [0.25, 0.3) is 0 Å². The van der Waals surface area contributed by atoms with Crippen molar-refractivity contribution in [1.82, 2.24) is 5.32 Å². The van der Waals surface area contributed by atoms with Crippen LogP contribution >= 0.6 is 15.9 Å². The van der Waals surface area contributed by atoms with E-state index in [4.69, 9.17) is 0 Å². The Morgan fingerprint density at radius 3 is 2.94 bits per heavy atom. The summed E-state index contributed by atoms with van der Waals surface area (Å²) in [6, 6.07) is 4.47. The van der Waals surface area contributed by atoms with Crippen LogP contribution < -0.4 is 10.6 Å². The molecule has 5 heteroatoms. The first-order valence-corrected chi connectivity index (χ1v) is 5.49. The van der Waals surface area contributed by atoms with E-state index in [0.29, 0.717) is 11.0 Å². The zero-order valence-electron chi connectivity index (χ0n) is 8.59. The van der Waals surface area contributed by atoms with Crippen molar-refractivity contribution in [1.29, 1.82) is 0 Å². The number of amides is 1. The van der Waals surface area contributed by atoms with Crippen molar-refractivity contribution in [3.8, 4) is 0 Å². The van der Waals surface area contributed by atoms with Crippen LogP contribution in [0.15, 0.2) is 35.3 Å². The van der Waals surface area contributed by atoms with Crippen LogP contribution in [0.2, 0.25) is 0 Å². The largest absolute Gasteiger partial charge is 0.322 e. The third-order valence-electron chi connectivity index (χ3n) is 1.78. The van der Waals surface area contributed by atoms with Crippen LogP contribution in [0, 0.1) is 5.82 Å². The number of benzene rings is 1. The summed E-state index contributed by atoms with van der Waals surface area (Å²) in [5.41, 5.74) is 0.175. The Hall–Kier alpha value is -1.20. The molecule has 86 valence electrons. The second-order valence-electron chi connectivity index (χ2n) is 3.09. The van der Waals surface area contributed by atoms with E-state index >= 15 is 0 Å². The van der Waals surface area contributed by atoms with Gasteiger partial charge in [-0.25, -0.2) is 4.39 Å². The Morgan fingerprint density at radius 2 is 2.31 bits per heavy atom. The van der Waals surface area contributed by atoms with Gasteiger partial charge in [0.05, 0.1) is 12.2 Å². The highest BCUT2D eigenvalue weighted by Gasteiger charge is 2.06. The monoisotopic (exact) mass is 286 g/mol. The molecule has 1 aromatic carbocycles. The Morgan fingerprint density at radius 1 is 1.56 bits per heavy atom. The van der Waals surface area contributed by atoms with Crippen LogP contribution in [0.4, 0.5) is 10.1 Å². The van der Waals surface area contributed by atoms with Crippen molar-refractivity contribution in [2.24, 2.45) is 0 Å². The molecule has 0 saturated heterocycles. The standard InChI is InChI=1S/C11H12BrFN2O/c1-2-5-14-7-11(16)15-10-4-3-8(12)6-9(10)13/h2-4,6,14H,1,5,7H2,(H,15,16). The summed E-state index contributed by atoms with van der Waals surface area (Å²) in [5.74, 6) is -0.755. The van der Waals surface area contributed by atoms with E-state index in [1.54, 1.807) is 12.1 Å². The first-order valence-electron chi connectivity index (χ1n) is 4.70. The smallest absolute Gasteiger partial charge is 0.238 e. The number of carbonyl (C=O) groups is 1. The summed E-state index contributed by atoms with van der Waals surface area (Å²) in [5, 5.41) is 5.29. The molecule has 0 aliphatic rings. The summed E-state index contributed by atoms with van der Waals surface area (Å²) in [6.45, 7) is 4.17. The molecule has 1 amide bonds. The number of halogens is 2. The highest BCUT2D eigenvalue weighted by molar-refractivity contribution is 9.10. The van der Waals surface area contributed by atoms with Gasteiger partial charge in [-0.05, 0) is 18.2 Å². The van der Waals surface area contributed by atoms with E-state index in [0.717, 1.165) is 0 Å². The zero-order chi connectivity index (χ0) is 12.0. The fraction of sp³-hybridized carbons (Fsp3) is 0.182. The highest BCUT2D eigenvalue weighted by Crippen LogP contribution is 2.18. The summed E-state index contributed by atoms with van der Waals surface area (Å²) in [7, 11) is 0. The number of anilines is 1. The van der Waals surface area contributed by atoms with Gasteiger partial charge in [-0.3, -0.25) is 4.79 Å². The lowest BCUT2D eigenvalue weighted by molar-refractivity contribution is -0.115. The van der Waals surface area contributed by atoms with Crippen molar-refractivity contribution >= 4 is 27.5 Å². The molecule has 0 saturated carbocycles. The first-order chi connectivity index (χ1) is 7.63. The normalized spacial score (nSPS) is 9.88. The average Bonchev–Trinajstić information content (AvgIpc) is 2.23. The minimum atomic E-state index is -0.466. The van der Waals surface area contributed by atoms with Gasteiger partial charge in [0.1, 0.15) is 5.82 Å². The van der Waals surface area contributed by atoms with Gasteiger partial charge >= 0.3 is 0 Å². The summed E-state index contributed by atoms with van der Waals surface area (Å²) in [6.07, 6.45) is 1.65. The Kier molecular flexibility index (Phi) is 5.14. The van der Waals surface area contributed by atoms with Crippen molar-refractivity contribution in [3.05, 3.63) is 41.1 Å². The molecule has 0 radical (unpaired) electrons. The van der Waals surface area contributed by atoms with Gasteiger partial charge in [-0.1, -0.05) is 22.0 Å². The minimum Gasteiger partial charge on any atom is -0.322 e. The van der Waals surface area contributed by atoms with E-state index in [2.05, 4.69) is 33.1 Å². The average molecular weight is 287 g/mol. The highest BCUT2D eigenvalue weighted by atomic mass is 79.9. The van der Waals surface area contributed by atoms with E-state index in [-0.39, 0.29) is 18.1 Å². The van der Waals surface area contributed by atoms with E-state index in [9.17, 15) is 9.18 Å². The van der Waals surface area contributed by atoms with Gasteiger partial charge < -0.3 is 10.6 Å². The Labute approximate surface area is 102 Å². The quantitative estimate of drug-likeness (QED) is 0.644. The number of rotatable bonds is 5. The molecule has 0 atom stereocenters. The van der Waals surface area contributed by atoms with Crippen LogP contribution in [0.1, 0.15) is 0 Å². The fourth-order valence-corrected chi connectivity index (χ4v) is 1.41. The summed E-state index contributed by atoms with van der Waals surface area (Å²) in [4.78, 5) is 11.3. The molecule has 1 aromatic rings. The van der Waals surface area contributed by atoms with Crippen molar-refractivity contribution < 1.29 is 9.18 Å². The SMILES string of the molecule is C=CCNCC(=O)Nc1ccc(Br)cc1F. The van der Waals surface area contributed by atoms with Gasteiger partial charge in [0, 0.05) is 11.0 Å². The second-order valence-corrected chi connectivity index (χ2v) is 4.01. The predicted molar refractivity (Wildman–Crippen MR) is 65.8 cm³/mol. The molecule has 0 spiro atoms. The van der Waals surface area contributed by atoms with E-state index in [1.165, 1.54) is 12.1 Å². The molecular formula is C11H12BrFN2O. The molecule has 3 nitrogen and oxygen atoms in total. The second kappa shape index (κ2) is 6.40. The maximum atomic E-state index is 13.3. The van der Waals surface area contributed by atoms with Crippen LogP contribution in [-0.2, 0) is 4.79 Å². The molecule has 16 heavy (non-hydrogen) atoms. The Balaban J connectivity index is 2.52. The van der Waals surface area contributed by atoms with Gasteiger partial charge in [-0.2, -0.15) is 0 Å². The molecule has 2 N–H and O–H groups in total. The van der Waals surface area contributed by atoms with E-state index in [1.807, 2.05) is 0 Å². The number of carbonyl (C=O) groups excluding carboxylic acids is 1. The van der Waals surface area contributed by atoms with Crippen molar-refractivity contribution in [2.75, 3.05) is 18.4 Å². The van der Waals surface area contributed by atoms with Crippen LogP contribution in [0.25, 0.3) is 0 Å². The maximum Gasteiger partial charge on any atom is 0.238 e. The molecule has 0 unspecified atom stereocenters. The molecule has 0 bridgehead atoms. The van der Waals surface area contributed by atoms with Gasteiger partial charge in [-0.15, -0.1) is 6.58 Å². The molecule has 0 aliphatic heterocycles. The van der Waals surface area contributed by atoms with Gasteiger partial charge in [0.2, 0.25) is 5.91 Å². The lowest BCUT2D eigenvalue weighted by Gasteiger charge is -2.06. The third-order valence-corrected chi connectivity index (χ3v) is 2.27. The molecule has 0 fully saturated rings. The first kappa shape index (κ1) is 12.9. The van der Waals surface area contributed by atoms with Crippen molar-refractivity contribution in [2.45, 2.75) is 0 Å². The molecule has 0 aromatic heterocycles. The van der Waals surface area contributed by atoms with Crippen LogP contribution in [-0.4, -0.2) is 19.0 Å². The fourth-order valence-electron chi connectivity index (χ4n) is 1.07. The predicted octanol–water partition coefficient (Wildman–Crippen LogP) is 2.30. The lowest BCUT2D eigenvalue weighted by Crippen LogP contribution is -2.28. The maximum absolute atomic E-state index is 13.3. The topological polar surface area (TPSA) is 41.1 Å². The Bertz CT molecular complexity index is 396. The van der Waals surface area contributed by atoms with Gasteiger partial charge in [0.15, 0.2) is 0 Å². The molecule has 0 aliphatic carbocycles. The summed E-state index contributed by atoms with van der Waals surface area (Å²) >= 11 is 3.14. The minimum absolute atomic E-state index is 0.127. The number of hydrogen-bond donors (Lipinski definition) is 2. The molecule has 0 heterocycles. The zero-order valence-corrected chi connectivity index (χ0v) is 10.2.